The van der Waals surface area contributed by atoms with Gasteiger partial charge in [0.2, 0.25) is 0 Å². The quantitative estimate of drug-likeness (QED) is 0.576. The molecule has 0 aliphatic rings. The first kappa shape index (κ1) is 16.5. The van der Waals surface area contributed by atoms with E-state index in [9.17, 15) is 8.42 Å². The molecule has 0 N–H and O–H groups in total. The monoisotopic (exact) mass is 361 g/mol. The molecule has 0 aliphatic heterocycles. The molecule has 0 bridgehead atoms. The molecule has 7 heteroatoms. The predicted octanol–water partition coefficient (Wildman–Crippen LogP) is 4.60. The molecule has 0 spiro atoms. The normalized spacial score (nSPS) is 11.6. The molecule has 2 rings (SSSR count). The molecule has 0 fully saturated rings. The van der Waals surface area contributed by atoms with Crippen LogP contribution < -0.4 is 3.71 Å². The highest BCUT2D eigenvalue weighted by molar-refractivity contribution is 8.16. The van der Waals surface area contributed by atoms with Gasteiger partial charge in [0, 0.05) is 11.9 Å². The number of anilines is 1. The second-order valence-corrected chi connectivity index (χ2v) is 8.88. The number of hydrogen-bond donors (Lipinski definition) is 0. The van der Waals surface area contributed by atoms with Crippen LogP contribution in [-0.4, -0.2) is 12.6 Å². The Labute approximate surface area is 139 Å². The highest BCUT2D eigenvalue weighted by Crippen LogP contribution is 2.36. The van der Waals surface area contributed by atoms with E-state index in [-0.39, 0.29) is 4.90 Å². The summed E-state index contributed by atoms with van der Waals surface area (Å²) in [6.07, 6.45) is 0. The summed E-state index contributed by atoms with van der Waals surface area (Å²) in [4.78, 5) is 0.190. The molecule has 3 nitrogen and oxygen atoms in total. The molecule has 0 amide bonds. The lowest BCUT2D eigenvalue weighted by Crippen LogP contribution is -2.26. The number of rotatable bonds is 5. The van der Waals surface area contributed by atoms with Crippen molar-refractivity contribution in [1.29, 1.82) is 0 Å². The summed E-state index contributed by atoms with van der Waals surface area (Å²) in [5.41, 5.74) is 1.36. The van der Waals surface area contributed by atoms with Crippen LogP contribution in [0.25, 0.3) is 0 Å². The van der Waals surface area contributed by atoms with Gasteiger partial charge in [0.1, 0.15) is 0 Å². The van der Waals surface area contributed by atoms with E-state index in [0.29, 0.717) is 5.69 Å². The Morgan fingerprint density at radius 1 is 1.00 bits per heavy atom. The zero-order valence-corrected chi connectivity index (χ0v) is 14.3. The van der Waals surface area contributed by atoms with Crippen LogP contribution in [0, 0.1) is 6.92 Å². The van der Waals surface area contributed by atoms with Crippen LogP contribution in [0.5, 0.6) is 0 Å². The maximum Gasteiger partial charge on any atom is 0.273 e. The Kier molecular flexibility index (Phi) is 5.43. The molecule has 2 aromatic carbocycles. The van der Waals surface area contributed by atoms with E-state index in [1.54, 1.807) is 42.5 Å². The molecular formula is C14H13Cl2NO2S2. The first-order chi connectivity index (χ1) is 9.93. The number of sulfonamides is 1. The number of halogens is 2. The Balaban J connectivity index is 2.54. The van der Waals surface area contributed by atoms with Crippen molar-refractivity contribution >= 4 is 50.9 Å². The Morgan fingerprint density at radius 3 is 2.14 bits per heavy atom. The lowest BCUT2D eigenvalue weighted by atomic mass is 10.2. The van der Waals surface area contributed by atoms with E-state index >= 15 is 0 Å². The van der Waals surface area contributed by atoms with Crippen LogP contribution in [0.4, 0.5) is 5.69 Å². The molecule has 0 aliphatic carbocycles. The zero-order valence-electron chi connectivity index (χ0n) is 11.1. The fourth-order valence-corrected chi connectivity index (χ4v) is 5.12. The summed E-state index contributed by atoms with van der Waals surface area (Å²) < 4.78 is 25.9. The van der Waals surface area contributed by atoms with Crippen LogP contribution in [-0.2, 0) is 10.0 Å². The van der Waals surface area contributed by atoms with Gasteiger partial charge in [-0.15, -0.1) is 0 Å². The van der Waals surface area contributed by atoms with Gasteiger partial charge >= 0.3 is 0 Å². The van der Waals surface area contributed by atoms with Gasteiger partial charge in [-0.25, -0.2) is 12.1 Å². The van der Waals surface area contributed by atoms with E-state index in [1.807, 2.05) is 19.1 Å². The van der Waals surface area contributed by atoms with Crippen molar-refractivity contribution in [3.05, 3.63) is 60.2 Å². The zero-order chi connectivity index (χ0) is 15.5. The minimum absolute atomic E-state index is 0.190. The van der Waals surface area contributed by atoms with Crippen LogP contribution in [0.3, 0.4) is 0 Å². The van der Waals surface area contributed by atoms with E-state index in [2.05, 4.69) is 0 Å². The lowest BCUT2D eigenvalue weighted by Gasteiger charge is -2.24. The van der Waals surface area contributed by atoms with Gasteiger partial charge in [0.05, 0.1) is 10.6 Å². The maximum atomic E-state index is 12.8. The number of aryl methyl sites for hydroxylation is 1. The fourth-order valence-electron chi connectivity index (χ4n) is 1.77. The van der Waals surface area contributed by atoms with Gasteiger partial charge in [-0.3, -0.25) is 0 Å². The predicted molar refractivity (Wildman–Crippen MR) is 90.4 cm³/mol. The van der Waals surface area contributed by atoms with Crippen molar-refractivity contribution in [3.8, 4) is 0 Å². The average molecular weight is 362 g/mol. The second kappa shape index (κ2) is 6.92. The third-order valence-electron chi connectivity index (χ3n) is 2.75. The summed E-state index contributed by atoms with van der Waals surface area (Å²) in [6, 6.07) is 15.4. The molecule has 0 aromatic heterocycles. The SMILES string of the molecule is Cc1ccccc1N(SC(Cl)Cl)S(=O)(=O)c1ccccc1. The summed E-state index contributed by atoms with van der Waals surface area (Å²) >= 11 is 12.4. The molecule has 0 saturated heterocycles. The molecule has 112 valence electrons. The fraction of sp³-hybridized carbons (Fsp3) is 0.143. The molecule has 0 atom stereocenters. The highest BCUT2D eigenvalue weighted by Gasteiger charge is 2.28. The van der Waals surface area contributed by atoms with Crippen LogP contribution >= 0.6 is 35.1 Å². The maximum absolute atomic E-state index is 12.8. The first-order valence-electron chi connectivity index (χ1n) is 6.04. The smallest absolute Gasteiger partial charge is 0.205 e. The second-order valence-electron chi connectivity index (χ2n) is 4.20. The number of hydrogen-bond acceptors (Lipinski definition) is 3. The van der Waals surface area contributed by atoms with Gasteiger partial charge in [-0.1, -0.05) is 59.6 Å². The van der Waals surface area contributed by atoms with Crippen molar-refractivity contribution in [3.63, 3.8) is 0 Å². The highest BCUT2D eigenvalue weighted by atomic mass is 35.5. The third-order valence-corrected chi connectivity index (χ3v) is 6.12. The lowest BCUT2D eigenvalue weighted by molar-refractivity contribution is 0.598. The molecule has 0 radical (unpaired) electrons. The van der Waals surface area contributed by atoms with Crippen molar-refractivity contribution in [2.75, 3.05) is 3.71 Å². The number of benzene rings is 2. The molecule has 0 unspecified atom stereocenters. The summed E-state index contributed by atoms with van der Waals surface area (Å²) in [7, 11) is -3.74. The number of nitrogens with zero attached hydrogens (tertiary/aromatic N) is 1. The molecule has 2 aromatic rings. The van der Waals surface area contributed by atoms with Crippen molar-refractivity contribution in [2.45, 2.75) is 16.0 Å². The van der Waals surface area contributed by atoms with Gasteiger partial charge < -0.3 is 0 Å². The summed E-state index contributed by atoms with van der Waals surface area (Å²) in [5, 5.41) is 0. The van der Waals surface area contributed by atoms with Crippen molar-refractivity contribution < 1.29 is 8.42 Å². The van der Waals surface area contributed by atoms with Crippen LogP contribution in [0.1, 0.15) is 5.56 Å². The van der Waals surface area contributed by atoms with Gasteiger partial charge in [0.25, 0.3) is 10.0 Å². The van der Waals surface area contributed by atoms with Gasteiger partial charge in [0.15, 0.2) is 4.17 Å². The molecule has 0 saturated carbocycles. The minimum Gasteiger partial charge on any atom is -0.205 e. The van der Waals surface area contributed by atoms with Crippen LogP contribution in [0.2, 0.25) is 0 Å². The standard InChI is InChI=1S/C14H13Cl2NO2S2/c1-11-7-5-6-10-13(11)17(20-14(15)16)21(18,19)12-8-3-2-4-9-12/h2-10,14H,1H3. The third kappa shape index (κ3) is 3.86. The minimum atomic E-state index is -3.74. The number of alkyl halides is 2. The van der Waals surface area contributed by atoms with E-state index < -0.39 is 14.2 Å². The Bertz CT molecular complexity index is 706. The summed E-state index contributed by atoms with van der Waals surface area (Å²) in [6.45, 7) is 1.83. The topological polar surface area (TPSA) is 37.4 Å². The van der Waals surface area contributed by atoms with E-state index in [4.69, 9.17) is 23.2 Å². The Hall–Kier alpha value is -0.880. The first-order valence-corrected chi connectivity index (χ1v) is 9.19. The largest absolute Gasteiger partial charge is 0.273 e. The Morgan fingerprint density at radius 2 is 1.57 bits per heavy atom. The van der Waals surface area contributed by atoms with Crippen molar-refractivity contribution in [2.24, 2.45) is 0 Å². The average Bonchev–Trinajstić information content (AvgIpc) is 2.46. The van der Waals surface area contributed by atoms with Crippen molar-refractivity contribution in [1.82, 2.24) is 0 Å². The number of para-hydroxylation sites is 1. The van der Waals surface area contributed by atoms with E-state index in [0.717, 1.165) is 17.5 Å². The molecule has 21 heavy (non-hydrogen) atoms. The van der Waals surface area contributed by atoms with Gasteiger partial charge in [-0.05, 0) is 30.7 Å². The van der Waals surface area contributed by atoms with Gasteiger partial charge in [-0.2, -0.15) is 0 Å². The molecular weight excluding hydrogens is 349 g/mol. The molecule has 0 heterocycles. The van der Waals surface area contributed by atoms with E-state index in [1.165, 1.54) is 3.71 Å². The summed E-state index contributed by atoms with van der Waals surface area (Å²) in [5.74, 6) is 0. The van der Waals surface area contributed by atoms with Crippen LogP contribution in [0.15, 0.2) is 59.5 Å².